The Bertz CT molecular complexity index is 1300. The van der Waals surface area contributed by atoms with E-state index in [2.05, 4.69) is 10.0 Å². The summed E-state index contributed by atoms with van der Waals surface area (Å²) in [4.78, 5) is 25.0. The van der Waals surface area contributed by atoms with Crippen molar-refractivity contribution in [3.05, 3.63) is 95.7 Å². The summed E-state index contributed by atoms with van der Waals surface area (Å²) < 4.78 is 51.0. The van der Waals surface area contributed by atoms with Crippen LogP contribution in [0.15, 0.2) is 82.3 Å². The fraction of sp³-hybridized carbons (Fsp3) is 0.200. The maximum Gasteiger partial charge on any atom is 0.331 e. The van der Waals surface area contributed by atoms with Gasteiger partial charge in [-0.2, -0.15) is 0 Å². The molecule has 0 saturated heterocycles. The molecular weight excluding hydrogens is 475 g/mol. The van der Waals surface area contributed by atoms with Crippen molar-refractivity contribution in [1.82, 2.24) is 10.0 Å². The van der Waals surface area contributed by atoms with Crippen molar-refractivity contribution >= 4 is 28.0 Å². The van der Waals surface area contributed by atoms with E-state index in [1.54, 1.807) is 12.1 Å². The van der Waals surface area contributed by atoms with Crippen LogP contribution in [0.1, 0.15) is 35.8 Å². The second-order valence-electron chi connectivity index (χ2n) is 7.96. The molecule has 3 aromatic rings. The largest absolute Gasteiger partial charge is 0.468 e. The molecule has 4 rings (SSSR count). The van der Waals surface area contributed by atoms with Crippen molar-refractivity contribution in [3.8, 4) is 0 Å². The normalized spacial score (nSPS) is 14.5. The molecule has 0 spiro atoms. The molecule has 0 bridgehead atoms. The first kappa shape index (κ1) is 24.4. The van der Waals surface area contributed by atoms with Gasteiger partial charge in [0.1, 0.15) is 11.6 Å². The van der Waals surface area contributed by atoms with Gasteiger partial charge < -0.3 is 14.5 Å². The maximum absolute atomic E-state index is 13.3. The topological polar surface area (TPSA) is 115 Å². The zero-order valence-corrected chi connectivity index (χ0v) is 19.3. The van der Waals surface area contributed by atoms with Crippen LogP contribution in [0, 0.1) is 5.82 Å². The summed E-state index contributed by atoms with van der Waals surface area (Å²) >= 11 is 0. The van der Waals surface area contributed by atoms with Gasteiger partial charge in [0.2, 0.25) is 16.1 Å². The van der Waals surface area contributed by atoms with E-state index in [1.165, 1.54) is 60.9 Å². The molecule has 0 aliphatic heterocycles. The lowest BCUT2D eigenvalue weighted by atomic mass is 10.1. The van der Waals surface area contributed by atoms with Crippen molar-refractivity contribution in [2.75, 3.05) is 0 Å². The number of hydrogen-bond donors (Lipinski definition) is 2. The van der Waals surface area contributed by atoms with Crippen molar-refractivity contribution in [2.24, 2.45) is 0 Å². The van der Waals surface area contributed by atoms with Crippen LogP contribution in [0.4, 0.5) is 4.39 Å². The number of halogens is 1. The standard InChI is InChI=1S/C25H23FN2O6S/c26-19-8-6-18(7-9-19)24(25(30)28-20-10-11-20)34-23(29)14-5-17-3-12-22(13-4-17)35(31,32)27-16-21-2-1-15-33-21/h1-9,12-15,20,24,27H,10-11,16H2,(H,28,30)/b14-5+. The number of carbonyl (C=O) groups is 2. The number of esters is 1. The van der Waals surface area contributed by atoms with E-state index < -0.39 is 33.8 Å². The Kier molecular flexibility index (Phi) is 7.42. The van der Waals surface area contributed by atoms with Gasteiger partial charge in [-0.15, -0.1) is 0 Å². The van der Waals surface area contributed by atoms with Gasteiger partial charge in [0.05, 0.1) is 17.7 Å². The van der Waals surface area contributed by atoms with Crippen LogP contribution in [0.25, 0.3) is 6.08 Å². The second-order valence-corrected chi connectivity index (χ2v) is 9.72. The third kappa shape index (κ3) is 6.87. The van der Waals surface area contributed by atoms with Gasteiger partial charge in [-0.25, -0.2) is 22.3 Å². The van der Waals surface area contributed by atoms with Gasteiger partial charge in [0, 0.05) is 17.7 Å². The predicted octanol–water partition coefficient (Wildman–Crippen LogP) is 3.47. The van der Waals surface area contributed by atoms with Crippen LogP contribution in [-0.2, 0) is 30.9 Å². The van der Waals surface area contributed by atoms with Crippen LogP contribution in [0.5, 0.6) is 0 Å². The van der Waals surface area contributed by atoms with Crippen molar-refractivity contribution < 1.29 is 31.6 Å². The summed E-state index contributed by atoms with van der Waals surface area (Å²) in [6, 6.07) is 14.4. The number of ether oxygens (including phenoxy) is 1. The summed E-state index contributed by atoms with van der Waals surface area (Å²) in [5.41, 5.74) is 0.899. The molecule has 1 aliphatic carbocycles. The summed E-state index contributed by atoms with van der Waals surface area (Å²) in [7, 11) is -3.75. The SMILES string of the molecule is O=C(/C=C/c1ccc(S(=O)(=O)NCc2ccco2)cc1)OC(C(=O)NC1CC1)c1ccc(F)cc1. The van der Waals surface area contributed by atoms with Gasteiger partial charge in [-0.05, 0) is 60.9 Å². The Morgan fingerprint density at radius 2 is 1.80 bits per heavy atom. The number of furan rings is 1. The second kappa shape index (κ2) is 10.7. The van der Waals surface area contributed by atoms with Crippen molar-refractivity contribution in [3.63, 3.8) is 0 Å². The van der Waals surface area contributed by atoms with Gasteiger partial charge >= 0.3 is 5.97 Å². The highest BCUT2D eigenvalue weighted by Gasteiger charge is 2.30. The minimum absolute atomic E-state index is 0.0202. The Labute approximate surface area is 201 Å². The third-order valence-corrected chi connectivity index (χ3v) is 6.60. The van der Waals surface area contributed by atoms with E-state index in [0.717, 1.165) is 18.9 Å². The molecule has 8 nitrogen and oxygen atoms in total. The number of sulfonamides is 1. The molecule has 0 radical (unpaired) electrons. The molecule has 1 aromatic heterocycles. The Morgan fingerprint density at radius 3 is 2.43 bits per heavy atom. The molecule has 1 atom stereocenters. The lowest BCUT2D eigenvalue weighted by Gasteiger charge is -2.17. The Hall–Kier alpha value is -3.76. The first-order valence-corrected chi connectivity index (χ1v) is 12.4. The number of amides is 1. The Balaban J connectivity index is 1.39. The van der Waals surface area contributed by atoms with Gasteiger partial charge in [0.25, 0.3) is 5.91 Å². The van der Waals surface area contributed by atoms with Gasteiger partial charge in [-0.3, -0.25) is 4.79 Å². The molecule has 1 amide bonds. The fourth-order valence-corrected chi connectivity index (χ4v) is 4.15. The van der Waals surface area contributed by atoms with E-state index in [1.807, 2.05) is 0 Å². The van der Waals surface area contributed by atoms with E-state index in [0.29, 0.717) is 16.9 Å². The predicted molar refractivity (Wildman–Crippen MR) is 125 cm³/mol. The molecule has 2 aromatic carbocycles. The monoisotopic (exact) mass is 498 g/mol. The lowest BCUT2D eigenvalue weighted by Crippen LogP contribution is -2.33. The molecule has 1 saturated carbocycles. The summed E-state index contributed by atoms with van der Waals surface area (Å²) in [6.45, 7) is 0.0202. The van der Waals surface area contributed by atoms with Crippen molar-refractivity contribution in [2.45, 2.75) is 36.4 Å². The number of nitrogens with one attached hydrogen (secondary N) is 2. The molecule has 1 heterocycles. The number of benzene rings is 2. The van der Waals surface area contributed by atoms with Gasteiger partial charge in [0.15, 0.2) is 0 Å². The van der Waals surface area contributed by atoms with Crippen molar-refractivity contribution in [1.29, 1.82) is 0 Å². The lowest BCUT2D eigenvalue weighted by molar-refractivity contribution is -0.151. The zero-order valence-electron chi connectivity index (χ0n) is 18.5. The zero-order chi connectivity index (χ0) is 24.8. The average molecular weight is 499 g/mol. The molecule has 1 fully saturated rings. The molecular formula is C25H23FN2O6S. The fourth-order valence-electron chi connectivity index (χ4n) is 3.16. The minimum Gasteiger partial charge on any atom is -0.468 e. The van der Waals surface area contributed by atoms with Crippen LogP contribution in [0.2, 0.25) is 0 Å². The maximum atomic E-state index is 13.3. The highest BCUT2D eigenvalue weighted by Crippen LogP contribution is 2.24. The quantitative estimate of drug-likeness (QED) is 0.327. The molecule has 182 valence electrons. The molecule has 35 heavy (non-hydrogen) atoms. The first-order valence-electron chi connectivity index (χ1n) is 10.9. The third-order valence-electron chi connectivity index (χ3n) is 5.19. The number of carbonyl (C=O) groups excluding carboxylic acids is 2. The summed E-state index contributed by atoms with van der Waals surface area (Å²) in [6.07, 6.45) is 4.53. The minimum atomic E-state index is -3.75. The van der Waals surface area contributed by atoms with E-state index in [-0.39, 0.29) is 17.5 Å². The average Bonchev–Trinajstić information content (AvgIpc) is 3.50. The number of rotatable bonds is 10. The van der Waals surface area contributed by atoms with Crippen LogP contribution in [-0.4, -0.2) is 26.3 Å². The Morgan fingerprint density at radius 1 is 1.09 bits per heavy atom. The number of hydrogen-bond acceptors (Lipinski definition) is 6. The molecule has 1 aliphatic rings. The smallest absolute Gasteiger partial charge is 0.331 e. The van der Waals surface area contributed by atoms with E-state index in [9.17, 15) is 22.4 Å². The van der Waals surface area contributed by atoms with Crippen LogP contribution in [0.3, 0.4) is 0 Å². The highest BCUT2D eigenvalue weighted by molar-refractivity contribution is 7.89. The van der Waals surface area contributed by atoms with Gasteiger partial charge in [-0.1, -0.05) is 24.3 Å². The van der Waals surface area contributed by atoms with E-state index in [4.69, 9.17) is 9.15 Å². The summed E-state index contributed by atoms with van der Waals surface area (Å²) in [5.74, 6) is -1.24. The van der Waals surface area contributed by atoms with Crippen LogP contribution >= 0.6 is 0 Å². The molecule has 10 heteroatoms. The van der Waals surface area contributed by atoms with Crippen LogP contribution < -0.4 is 10.0 Å². The molecule has 2 N–H and O–H groups in total. The summed E-state index contributed by atoms with van der Waals surface area (Å²) in [5, 5.41) is 2.78. The van der Waals surface area contributed by atoms with E-state index >= 15 is 0 Å². The molecule has 1 unspecified atom stereocenters. The highest BCUT2D eigenvalue weighted by atomic mass is 32.2. The first-order chi connectivity index (χ1) is 16.8.